The number of benzene rings is 1. The molecule has 1 saturated heterocycles. The van der Waals surface area contributed by atoms with Crippen molar-refractivity contribution in [2.24, 2.45) is 0 Å². The number of halogens is 2. The van der Waals surface area contributed by atoms with Gasteiger partial charge in [-0.3, -0.25) is 0 Å². The average Bonchev–Trinajstić information content (AvgIpc) is 2.69. The maximum Gasteiger partial charge on any atom is 0.317 e. The lowest BCUT2D eigenvalue weighted by atomic mass is 10.0. The number of carbonyl (C=O) groups is 1. The summed E-state index contributed by atoms with van der Waals surface area (Å²) in [7, 11) is 0. The van der Waals surface area contributed by atoms with Gasteiger partial charge in [0.1, 0.15) is 11.6 Å². The number of amides is 2. The van der Waals surface area contributed by atoms with Crippen LogP contribution in [0.4, 0.5) is 10.6 Å². The van der Waals surface area contributed by atoms with Crippen LogP contribution in [-0.4, -0.2) is 52.6 Å². The fourth-order valence-electron chi connectivity index (χ4n) is 3.71. The fourth-order valence-corrected chi connectivity index (χ4v) is 4.18. The Morgan fingerprint density at radius 3 is 2.34 bits per heavy atom. The van der Waals surface area contributed by atoms with Crippen LogP contribution in [0.25, 0.3) is 0 Å². The predicted octanol–water partition coefficient (Wildman–Crippen LogP) is 5.44. The van der Waals surface area contributed by atoms with E-state index in [9.17, 15) is 4.79 Å². The Morgan fingerprint density at radius 1 is 1.12 bits per heavy atom. The van der Waals surface area contributed by atoms with Gasteiger partial charge in [-0.1, -0.05) is 43.1 Å². The Labute approximate surface area is 201 Å². The van der Waals surface area contributed by atoms with E-state index in [1.807, 2.05) is 44.7 Å². The Bertz CT molecular complexity index is 979. The molecule has 2 amide bonds. The molecule has 1 N–H and O–H groups in total. The highest BCUT2D eigenvalue weighted by Gasteiger charge is 2.27. The monoisotopic (exact) mass is 477 g/mol. The van der Waals surface area contributed by atoms with E-state index in [0.717, 1.165) is 28.5 Å². The highest BCUT2D eigenvalue weighted by Crippen LogP contribution is 2.30. The molecule has 2 heterocycles. The molecule has 1 aromatic carbocycles. The zero-order valence-electron chi connectivity index (χ0n) is 19.8. The molecule has 0 bridgehead atoms. The van der Waals surface area contributed by atoms with E-state index >= 15 is 0 Å². The molecular weight excluding hydrogens is 445 g/mol. The lowest BCUT2D eigenvalue weighted by Crippen LogP contribution is -2.55. The molecule has 0 aliphatic carbocycles. The Hall–Kier alpha value is -2.05. The largest absolute Gasteiger partial charge is 0.353 e. The number of urea groups is 1. The van der Waals surface area contributed by atoms with Crippen molar-refractivity contribution in [2.45, 2.75) is 59.4 Å². The Kier molecular flexibility index (Phi) is 7.56. The van der Waals surface area contributed by atoms with Crippen molar-refractivity contribution in [1.82, 2.24) is 20.2 Å². The number of aryl methyl sites for hydroxylation is 1. The van der Waals surface area contributed by atoms with Crippen molar-refractivity contribution in [2.75, 3.05) is 31.1 Å². The summed E-state index contributed by atoms with van der Waals surface area (Å²) in [6.45, 7) is 14.9. The third-order valence-electron chi connectivity index (χ3n) is 5.46. The molecule has 0 atom stereocenters. The Morgan fingerprint density at radius 2 is 1.78 bits per heavy atom. The standard InChI is InChI=1S/C24H33Cl2N5O/c1-15(2)21-27-16(3)19(13-17-7-8-18(25)14-20(17)26)22(28-21)30-9-11-31(12-10-30)23(32)29-24(4,5)6/h7-8,14-15H,9-13H2,1-6H3,(H,29,32). The van der Waals surface area contributed by atoms with Crippen molar-refractivity contribution in [1.29, 1.82) is 0 Å². The van der Waals surface area contributed by atoms with Crippen LogP contribution in [0.1, 0.15) is 63.2 Å². The van der Waals surface area contributed by atoms with Gasteiger partial charge < -0.3 is 15.1 Å². The molecule has 32 heavy (non-hydrogen) atoms. The quantitative estimate of drug-likeness (QED) is 0.636. The van der Waals surface area contributed by atoms with Crippen LogP contribution in [0.2, 0.25) is 10.0 Å². The van der Waals surface area contributed by atoms with Gasteiger partial charge in [0.05, 0.1) is 0 Å². The highest BCUT2D eigenvalue weighted by molar-refractivity contribution is 6.35. The number of anilines is 1. The molecule has 2 aromatic rings. The molecule has 174 valence electrons. The van der Waals surface area contributed by atoms with E-state index in [4.69, 9.17) is 33.2 Å². The minimum Gasteiger partial charge on any atom is -0.353 e. The third kappa shape index (κ3) is 6.04. The van der Waals surface area contributed by atoms with Gasteiger partial charge in [-0.2, -0.15) is 0 Å². The van der Waals surface area contributed by atoms with E-state index in [1.54, 1.807) is 6.07 Å². The molecule has 3 rings (SSSR count). The summed E-state index contributed by atoms with van der Waals surface area (Å²) in [6.07, 6.45) is 0.625. The normalized spacial score (nSPS) is 14.8. The predicted molar refractivity (Wildman–Crippen MR) is 132 cm³/mol. The van der Waals surface area contributed by atoms with E-state index in [0.29, 0.717) is 42.6 Å². The minimum atomic E-state index is -0.255. The van der Waals surface area contributed by atoms with Crippen LogP contribution < -0.4 is 10.2 Å². The summed E-state index contributed by atoms with van der Waals surface area (Å²) in [5.41, 5.74) is 2.75. The number of nitrogens with one attached hydrogen (secondary N) is 1. The maximum absolute atomic E-state index is 12.6. The molecule has 0 saturated carbocycles. The van der Waals surface area contributed by atoms with Gasteiger partial charge in [-0.15, -0.1) is 0 Å². The van der Waals surface area contributed by atoms with Crippen LogP contribution >= 0.6 is 23.2 Å². The SMILES string of the molecule is Cc1nc(C(C)C)nc(N2CCN(C(=O)NC(C)(C)C)CC2)c1Cc1ccc(Cl)cc1Cl. The number of hydrogen-bond acceptors (Lipinski definition) is 4. The summed E-state index contributed by atoms with van der Waals surface area (Å²) in [4.78, 5) is 26.4. The second-order valence-corrected chi connectivity index (χ2v) is 10.5. The lowest BCUT2D eigenvalue weighted by molar-refractivity contribution is 0.185. The summed E-state index contributed by atoms with van der Waals surface area (Å²) in [5.74, 6) is 1.99. The second kappa shape index (κ2) is 9.84. The number of carbonyl (C=O) groups excluding carboxylic acids is 1. The van der Waals surface area contributed by atoms with Gasteiger partial charge in [0.25, 0.3) is 0 Å². The first-order valence-corrected chi connectivity index (χ1v) is 11.8. The van der Waals surface area contributed by atoms with E-state index in [-0.39, 0.29) is 17.5 Å². The smallest absolute Gasteiger partial charge is 0.317 e. The summed E-state index contributed by atoms with van der Waals surface area (Å²) >= 11 is 12.6. The highest BCUT2D eigenvalue weighted by atomic mass is 35.5. The first-order chi connectivity index (χ1) is 14.9. The van der Waals surface area contributed by atoms with Crippen molar-refractivity contribution in [3.63, 3.8) is 0 Å². The van der Waals surface area contributed by atoms with Crippen molar-refractivity contribution in [3.8, 4) is 0 Å². The van der Waals surface area contributed by atoms with Gasteiger partial charge in [-0.25, -0.2) is 14.8 Å². The summed E-state index contributed by atoms with van der Waals surface area (Å²) in [6, 6.07) is 5.56. The van der Waals surface area contributed by atoms with Crippen LogP contribution in [0.5, 0.6) is 0 Å². The van der Waals surface area contributed by atoms with Crippen LogP contribution in [0.3, 0.4) is 0 Å². The van der Waals surface area contributed by atoms with Gasteiger partial charge in [0, 0.05) is 65.4 Å². The van der Waals surface area contributed by atoms with Crippen molar-refractivity contribution >= 4 is 35.1 Å². The summed E-state index contributed by atoms with van der Waals surface area (Å²) < 4.78 is 0. The van der Waals surface area contributed by atoms with Crippen molar-refractivity contribution < 1.29 is 4.79 Å². The van der Waals surface area contributed by atoms with Gasteiger partial charge in [-0.05, 0) is 45.4 Å². The molecule has 1 aromatic heterocycles. The molecule has 0 spiro atoms. The summed E-state index contributed by atoms with van der Waals surface area (Å²) in [5, 5.41) is 4.30. The molecule has 6 nitrogen and oxygen atoms in total. The van der Waals surface area contributed by atoms with Gasteiger partial charge in [0.15, 0.2) is 0 Å². The molecule has 0 unspecified atom stereocenters. The number of aromatic nitrogens is 2. The van der Waals surface area contributed by atoms with Gasteiger partial charge in [0.2, 0.25) is 0 Å². The fraction of sp³-hybridized carbons (Fsp3) is 0.542. The molecular formula is C24H33Cl2N5O. The average molecular weight is 478 g/mol. The minimum absolute atomic E-state index is 0.0212. The molecule has 1 aliphatic heterocycles. The van der Waals surface area contributed by atoms with E-state index in [2.05, 4.69) is 24.1 Å². The lowest BCUT2D eigenvalue weighted by Gasteiger charge is -2.38. The van der Waals surface area contributed by atoms with Gasteiger partial charge >= 0.3 is 6.03 Å². The molecule has 0 radical (unpaired) electrons. The van der Waals surface area contributed by atoms with E-state index < -0.39 is 0 Å². The van der Waals surface area contributed by atoms with Crippen molar-refractivity contribution in [3.05, 3.63) is 50.9 Å². The van der Waals surface area contributed by atoms with Crippen LogP contribution in [0, 0.1) is 6.92 Å². The number of nitrogens with zero attached hydrogens (tertiary/aromatic N) is 4. The zero-order chi connectivity index (χ0) is 23.6. The Balaban J connectivity index is 1.87. The first kappa shape index (κ1) is 24.6. The topological polar surface area (TPSA) is 61.4 Å². The number of piperazine rings is 1. The second-order valence-electron chi connectivity index (χ2n) is 9.69. The number of hydrogen-bond donors (Lipinski definition) is 1. The zero-order valence-corrected chi connectivity index (χ0v) is 21.3. The van der Waals surface area contributed by atoms with E-state index in [1.165, 1.54) is 0 Å². The van der Waals surface area contributed by atoms with Crippen LogP contribution in [-0.2, 0) is 6.42 Å². The molecule has 1 fully saturated rings. The van der Waals surface area contributed by atoms with Crippen LogP contribution in [0.15, 0.2) is 18.2 Å². The first-order valence-electron chi connectivity index (χ1n) is 11.1. The molecule has 1 aliphatic rings. The maximum atomic E-state index is 12.6. The third-order valence-corrected chi connectivity index (χ3v) is 6.04. The molecule has 8 heteroatoms. The number of rotatable bonds is 4.